The zero-order valence-corrected chi connectivity index (χ0v) is 16.5. The molecule has 1 aliphatic heterocycles. The SMILES string of the molecule is CC(C)n1c(C2CCCN(C(=O)c3cccc(Cl)c3)C2)nc2ccccc21. The maximum atomic E-state index is 13.0. The van der Waals surface area contributed by atoms with E-state index in [4.69, 9.17) is 16.6 Å². The molecule has 0 spiro atoms. The lowest BCUT2D eigenvalue weighted by molar-refractivity contribution is 0.0703. The van der Waals surface area contributed by atoms with Crippen LogP contribution in [0.5, 0.6) is 0 Å². The summed E-state index contributed by atoms with van der Waals surface area (Å²) < 4.78 is 2.33. The van der Waals surface area contributed by atoms with Crippen molar-refractivity contribution in [3.8, 4) is 0 Å². The molecule has 1 aromatic heterocycles. The lowest BCUT2D eigenvalue weighted by Gasteiger charge is -2.33. The van der Waals surface area contributed by atoms with Crippen molar-refractivity contribution >= 4 is 28.5 Å². The predicted molar refractivity (Wildman–Crippen MR) is 109 cm³/mol. The zero-order chi connectivity index (χ0) is 19.0. The number of nitrogens with zero attached hydrogens (tertiary/aromatic N) is 3. The number of hydrogen-bond acceptors (Lipinski definition) is 2. The van der Waals surface area contributed by atoms with Gasteiger partial charge in [-0.25, -0.2) is 4.98 Å². The molecule has 27 heavy (non-hydrogen) atoms. The van der Waals surface area contributed by atoms with Crippen LogP contribution < -0.4 is 0 Å². The molecule has 5 heteroatoms. The molecule has 1 aliphatic rings. The summed E-state index contributed by atoms with van der Waals surface area (Å²) in [5, 5.41) is 0.594. The van der Waals surface area contributed by atoms with Crippen LogP contribution in [0, 0.1) is 0 Å². The van der Waals surface area contributed by atoms with Gasteiger partial charge in [0.25, 0.3) is 5.91 Å². The molecular formula is C22H24ClN3O. The van der Waals surface area contributed by atoms with Gasteiger partial charge in [-0.3, -0.25) is 4.79 Å². The van der Waals surface area contributed by atoms with Gasteiger partial charge in [-0.2, -0.15) is 0 Å². The maximum absolute atomic E-state index is 13.0. The monoisotopic (exact) mass is 381 g/mol. The van der Waals surface area contributed by atoms with Gasteiger partial charge in [0, 0.05) is 35.6 Å². The van der Waals surface area contributed by atoms with Crippen molar-refractivity contribution in [1.29, 1.82) is 0 Å². The molecule has 4 nitrogen and oxygen atoms in total. The Bertz CT molecular complexity index is 979. The molecule has 1 fully saturated rings. The van der Waals surface area contributed by atoms with Gasteiger partial charge in [-0.1, -0.05) is 29.8 Å². The molecule has 0 saturated carbocycles. The summed E-state index contributed by atoms with van der Waals surface area (Å²) in [5.74, 6) is 1.39. The predicted octanol–water partition coefficient (Wildman–Crippen LogP) is 5.29. The third-order valence-electron chi connectivity index (χ3n) is 5.28. The molecular weight excluding hydrogens is 358 g/mol. The number of para-hydroxylation sites is 2. The fraction of sp³-hybridized carbons (Fsp3) is 0.364. The number of piperidine rings is 1. The van der Waals surface area contributed by atoms with Crippen LogP contribution in [0.2, 0.25) is 5.02 Å². The summed E-state index contributed by atoms with van der Waals surface area (Å²) in [4.78, 5) is 19.9. The Labute approximate surface area is 164 Å². The van der Waals surface area contributed by atoms with Crippen LogP contribution in [0.1, 0.15) is 54.8 Å². The van der Waals surface area contributed by atoms with Crippen molar-refractivity contribution in [2.45, 2.75) is 38.6 Å². The third-order valence-corrected chi connectivity index (χ3v) is 5.52. The summed E-state index contributed by atoms with van der Waals surface area (Å²) in [6.45, 7) is 5.86. The second-order valence-corrected chi connectivity index (χ2v) is 7.96. The molecule has 3 aromatic rings. The van der Waals surface area contributed by atoms with E-state index in [0.717, 1.165) is 30.7 Å². The van der Waals surface area contributed by atoms with Crippen molar-refractivity contribution in [3.05, 3.63) is 64.9 Å². The quantitative estimate of drug-likeness (QED) is 0.618. The number of benzene rings is 2. The van der Waals surface area contributed by atoms with Crippen molar-refractivity contribution in [2.75, 3.05) is 13.1 Å². The number of likely N-dealkylation sites (tertiary alicyclic amines) is 1. The first kappa shape index (κ1) is 18.1. The molecule has 140 valence electrons. The van der Waals surface area contributed by atoms with E-state index in [2.05, 4.69) is 36.6 Å². The normalized spacial score (nSPS) is 17.6. The molecule has 1 unspecified atom stereocenters. The fourth-order valence-corrected chi connectivity index (χ4v) is 4.26. The van der Waals surface area contributed by atoms with Crippen molar-refractivity contribution in [2.24, 2.45) is 0 Å². The number of hydrogen-bond donors (Lipinski definition) is 0. The van der Waals surface area contributed by atoms with E-state index in [1.165, 1.54) is 5.52 Å². The van der Waals surface area contributed by atoms with Gasteiger partial charge < -0.3 is 9.47 Å². The first-order valence-electron chi connectivity index (χ1n) is 9.56. The Hall–Kier alpha value is -2.33. The summed E-state index contributed by atoms with van der Waals surface area (Å²) in [6, 6.07) is 15.8. The minimum absolute atomic E-state index is 0.0504. The van der Waals surface area contributed by atoms with Crippen molar-refractivity contribution in [3.63, 3.8) is 0 Å². The minimum Gasteiger partial charge on any atom is -0.338 e. The van der Waals surface area contributed by atoms with Gasteiger partial charge >= 0.3 is 0 Å². The largest absolute Gasteiger partial charge is 0.338 e. The summed E-state index contributed by atoms with van der Waals surface area (Å²) in [6.07, 6.45) is 2.04. The molecule has 0 bridgehead atoms. The van der Waals surface area contributed by atoms with Crippen LogP contribution in [0.25, 0.3) is 11.0 Å². The highest BCUT2D eigenvalue weighted by molar-refractivity contribution is 6.30. The number of imidazole rings is 1. The standard InChI is InChI=1S/C22H24ClN3O/c1-15(2)26-20-11-4-3-10-19(20)24-21(26)17-8-6-12-25(14-17)22(27)16-7-5-9-18(23)13-16/h3-5,7,9-11,13,15,17H,6,8,12,14H2,1-2H3. The molecule has 0 radical (unpaired) electrons. The lowest BCUT2D eigenvalue weighted by Crippen LogP contribution is -2.39. The van der Waals surface area contributed by atoms with Crippen LogP contribution in [0.3, 0.4) is 0 Å². The number of aromatic nitrogens is 2. The number of amides is 1. The van der Waals surface area contributed by atoms with Crippen LogP contribution in [0.4, 0.5) is 0 Å². The molecule has 2 aromatic carbocycles. The molecule has 0 aliphatic carbocycles. The van der Waals surface area contributed by atoms with Gasteiger partial charge in [0.05, 0.1) is 11.0 Å². The highest BCUT2D eigenvalue weighted by atomic mass is 35.5. The molecule has 2 heterocycles. The lowest BCUT2D eigenvalue weighted by atomic mass is 9.96. The van der Waals surface area contributed by atoms with Gasteiger partial charge in [0.1, 0.15) is 5.82 Å². The van der Waals surface area contributed by atoms with Crippen molar-refractivity contribution in [1.82, 2.24) is 14.5 Å². The fourth-order valence-electron chi connectivity index (χ4n) is 4.07. The summed E-state index contributed by atoms with van der Waals surface area (Å²) in [5.41, 5.74) is 2.85. The highest BCUT2D eigenvalue weighted by Gasteiger charge is 2.29. The van der Waals surface area contributed by atoms with E-state index < -0.39 is 0 Å². The number of carbonyl (C=O) groups is 1. The highest BCUT2D eigenvalue weighted by Crippen LogP contribution is 2.32. The Morgan fingerprint density at radius 1 is 1.19 bits per heavy atom. The first-order valence-corrected chi connectivity index (χ1v) is 9.94. The van der Waals surface area contributed by atoms with E-state index in [0.29, 0.717) is 23.2 Å². The average molecular weight is 382 g/mol. The van der Waals surface area contributed by atoms with Crippen LogP contribution in [-0.4, -0.2) is 33.4 Å². The number of halogens is 1. The third kappa shape index (κ3) is 3.46. The number of fused-ring (bicyclic) bond motifs is 1. The average Bonchev–Trinajstić information content (AvgIpc) is 3.07. The van der Waals surface area contributed by atoms with E-state index >= 15 is 0 Å². The Morgan fingerprint density at radius 2 is 2.00 bits per heavy atom. The number of rotatable bonds is 3. The molecule has 1 atom stereocenters. The second-order valence-electron chi connectivity index (χ2n) is 7.52. The second kappa shape index (κ2) is 7.35. The van der Waals surface area contributed by atoms with E-state index in [1.807, 2.05) is 23.1 Å². The van der Waals surface area contributed by atoms with Gasteiger partial charge in [0.2, 0.25) is 0 Å². The molecule has 0 N–H and O–H groups in total. The van der Waals surface area contributed by atoms with Crippen LogP contribution in [-0.2, 0) is 0 Å². The summed E-state index contributed by atoms with van der Waals surface area (Å²) >= 11 is 6.07. The maximum Gasteiger partial charge on any atom is 0.253 e. The van der Waals surface area contributed by atoms with E-state index in [1.54, 1.807) is 12.1 Å². The Kier molecular flexibility index (Phi) is 4.92. The van der Waals surface area contributed by atoms with Gasteiger partial charge in [-0.05, 0) is 57.0 Å². The topological polar surface area (TPSA) is 38.1 Å². The molecule has 1 saturated heterocycles. The van der Waals surface area contributed by atoms with Gasteiger partial charge in [-0.15, -0.1) is 0 Å². The van der Waals surface area contributed by atoms with Crippen molar-refractivity contribution < 1.29 is 4.79 Å². The summed E-state index contributed by atoms with van der Waals surface area (Å²) in [7, 11) is 0. The van der Waals surface area contributed by atoms with E-state index in [-0.39, 0.29) is 11.8 Å². The van der Waals surface area contributed by atoms with Gasteiger partial charge in [0.15, 0.2) is 0 Å². The molecule has 4 rings (SSSR count). The Morgan fingerprint density at radius 3 is 2.78 bits per heavy atom. The Balaban J connectivity index is 1.65. The molecule has 1 amide bonds. The van der Waals surface area contributed by atoms with E-state index in [9.17, 15) is 4.79 Å². The zero-order valence-electron chi connectivity index (χ0n) is 15.7. The van der Waals surface area contributed by atoms with Crippen LogP contribution >= 0.6 is 11.6 Å². The smallest absolute Gasteiger partial charge is 0.253 e. The number of carbonyl (C=O) groups excluding carboxylic acids is 1. The minimum atomic E-state index is 0.0504. The van der Waals surface area contributed by atoms with Crippen LogP contribution in [0.15, 0.2) is 48.5 Å². The first-order chi connectivity index (χ1) is 13.0.